The standard InChI is InChI=1S/C31H33ClFN7O5/c1-39-17(4-5-31(39)6-7-31)15-44-29-36-26-21-12-34-27(25(26)33)24-19(22(32)11-23-20(24)13-35-38-23)3-2-9-43-30(41)45-18-14-40(28(21)37-29)8-10-42-16-18/h11-13,17-18H,2-10,14-16H2,1H3,(H,35,38)/t17-,18-/m0/s1. The predicted molar refractivity (Wildman–Crippen MR) is 163 cm³/mol. The summed E-state index contributed by atoms with van der Waals surface area (Å²) >= 11 is 6.76. The van der Waals surface area contributed by atoms with Crippen LogP contribution in [-0.2, 0) is 20.6 Å². The van der Waals surface area contributed by atoms with Crippen molar-refractivity contribution in [3.05, 3.63) is 34.9 Å². The molecule has 1 spiro atoms. The van der Waals surface area contributed by atoms with E-state index in [9.17, 15) is 4.79 Å². The van der Waals surface area contributed by atoms with Crippen LogP contribution in [-0.4, -0.2) is 100 Å². The van der Waals surface area contributed by atoms with E-state index in [1.54, 1.807) is 18.5 Å². The molecule has 0 amide bonds. The lowest BCUT2D eigenvalue weighted by Crippen LogP contribution is -2.37. The van der Waals surface area contributed by atoms with Crippen molar-refractivity contribution in [2.75, 3.05) is 51.5 Å². The van der Waals surface area contributed by atoms with Crippen molar-refractivity contribution < 1.29 is 28.1 Å². The van der Waals surface area contributed by atoms with Gasteiger partial charge < -0.3 is 23.8 Å². The molecule has 4 aromatic rings. The van der Waals surface area contributed by atoms with E-state index in [1.807, 2.05) is 4.90 Å². The smallest absolute Gasteiger partial charge is 0.462 e. The molecule has 4 aliphatic heterocycles. The van der Waals surface area contributed by atoms with E-state index in [0.717, 1.165) is 12.8 Å². The summed E-state index contributed by atoms with van der Waals surface area (Å²) in [5.41, 5.74) is 2.29. The quantitative estimate of drug-likeness (QED) is 0.315. The second kappa shape index (κ2) is 11.2. The van der Waals surface area contributed by atoms with Gasteiger partial charge in [0.15, 0.2) is 5.82 Å². The molecule has 1 saturated carbocycles. The highest BCUT2D eigenvalue weighted by atomic mass is 35.5. The molecule has 14 heteroatoms. The fraction of sp³-hybridized carbons (Fsp3) is 0.516. The number of rotatable bonds is 3. The number of likely N-dealkylation sites (N-methyl/N-ethyl adjacent to an activating group) is 1. The summed E-state index contributed by atoms with van der Waals surface area (Å²) in [6, 6.07) is 2.05. The number of carbonyl (C=O) groups is 1. The molecule has 1 N–H and O–H groups in total. The minimum absolute atomic E-state index is 0.0710. The largest absolute Gasteiger partial charge is 0.508 e. The zero-order chi connectivity index (χ0) is 30.7. The Balaban J connectivity index is 1.28. The van der Waals surface area contributed by atoms with Crippen molar-refractivity contribution in [1.82, 2.24) is 30.0 Å². The SMILES string of the molecule is CN1[C@H](COc2nc3c4cnc(c(F)c4n2)-c2c(c(Cl)cc4[nH]ncc24)CCCOC(=O)O[C@@H]2COCCN3C2)CCC12CC2. The number of H-pyrrole nitrogens is 1. The molecule has 6 bridgehead atoms. The number of pyridine rings is 1. The normalized spacial score (nSPS) is 23.4. The van der Waals surface area contributed by atoms with Gasteiger partial charge in [0.2, 0.25) is 0 Å². The molecule has 45 heavy (non-hydrogen) atoms. The highest BCUT2D eigenvalue weighted by molar-refractivity contribution is 6.33. The Morgan fingerprint density at radius 2 is 2.09 bits per heavy atom. The monoisotopic (exact) mass is 637 g/mol. The lowest BCUT2D eigenvalue weighted by Gasteiger charge is -2.27. The molecule has 2 saturated heterocycles. The number of halogens is 2. The molecule has 2 atom stereocenters. The average Bonchev–Trinajstić information content (AvgIpc) is 3.65. The van der Waals surface area contributed by atoms with E-state index in [4.69, 9.17) is 35.5 Å². The zero-order valence-corrected chi connectivity index (χ0v) is 25.6. The lowest BCUT2D eigenvalue weighted by atomic mass is 9.95. The van der Waals surface area contributed by atoms with Crippen LogP contribution in [0.3, 0.4) is 0 Å². The first-order valence-corrected chi connectivity index (χ1v) is 15.8. The third-order valence-corrected chi connectivity index (χ3v) is 10.1. The summed E-state index contributed by atoms with van der Waals surface area (Å²) in [7, 11) is 2.15. The van der Waals surface area contributed by atoms with E-state index in [-0.39, 0.29) is 43.0 Å². The molecule has 236 valence electrons. The Morgan fingerprint density at radius 1 is 1.20 bits per heavy atom. The number of nitrogens with one attached hydrogen (secondary N) is 1. The number of ether oxygens (including phenoxy) is 4. The second-order valence-corrected chi connectivity index (χ2v) is 12.8. The fourth-order valence-electron chi connectivity index (χ4n) is 7.04. The molecular weight excluding hydrogens is 605 g/mol. The number of fused-ring (bicyclic) bond motifs is 7. The Hall–Kier alpha value is -3.81. The Morgan fingerprint density at radius 3 is 2.93 bits per heavy atom. The molecule has 12 nitrogen and oxygen atoms in total. The number of hydrogen-bond acceptors (Lipinski definition) is 11. The topological polar surface area (TPSA) is 128 Å². The van der Waals surface area contributed by atoms with Crippen molar-refractivity contribution >= 4 is 45.4 Å². The van der Waals surface area contributed by atoms with E-state index >= 15 is 4.39 Å². The van der Waals surface area contributed by atoms with E-state index in [1.165, 1.54) is 12.8 Å². The van der Waals surface area contributed by atoms with Crippen molar-refractivity contribution in [3.8, 4) is 17.3 Å². The number of nitrogens with zero attached hydrogens (tertiary/aromatic N) is 6. The molecule has 1 aromatic carbocycles. The lowest BCUT2D eigenvalue weighted by molar-refractivity contribution is -0.00448. The van der Waals surface area contributed by atoms with Gasteiger partial charge in [-0.1, -0.05) is 11.6 Å². The Kier molecular flexibility index (Phi) is 7.14. The molecule has 0 unspecified atom stereocenters. The fourth-order valence-corrected chi connectivity index (χ4v) is 7.34. The van der Waals surface area contributed by atoms with Crippen LogP contribution in [0.15, 0.2) is 18.5 Å². The maximum Gasteiger partial charge on any atom is 0.508 e. The van der Waals surface area contributed by atoms with Gasteiger partial charge in [0.1, 0.15) is 29.7 Å². The van der Waals surface area contributed by atoms with Gasteiger partial charge in [0.25, 0.3) is 0 Å². The molecule has 9 rings (SSSR count). The molecule has 7 heterocycles. The van der Waals surface area contributed by atoms with Crippen molar-refractivity contribution in [2.24, 2.45) is 0 Å². The zero-order valence-electron chi connectivity index (χ0n) is 24.9. The minimum atomic E-state index is -0.781. The third kappa shape index (κ3) is 5.10. The number of anilines is 1. The van der Waals surface area contributed by atoms with Gasteiger partial charge >= 0.3 is 12.2 Å². The first kappa shape index (κ1) is 28.6. The average molecular weight is 638 g/mol. The predicted octanol–water partition coefficient (Wildman–Crippen LogP) is 4.67. The van der Waals surface area contributed by atoms with Crippen molar-refractivity contribution in [1.29, 1.82) is 0 Å². The number of carbonyl (C=O) groups excluding carboxylic acids is 1. The summed E-state index contributed by atoms with van der Waals surface area (Å²) in [6.45, 7) is 1.69. The summed E-state index contributed by atoms with van der Waals surface area (Å²) in [4.78, 5) is 31.0. The number of hydrogen-bond donors (Lipinski definition) is 1. The summed E-state index contributed by atoms with van der Waals surface area (Å²) in [6.07, 6.45) is 7.21. The van der Waals surface area contributed by atoms with Gasteiger partial charge in [0, 0.05) is 40.3 Å². The summed E-state index contributed by atoms with van der Waals surface area (Å²) in [5, 5.41) is 8.59. The van der Waals surface area contributed by atoms with Gasteiger partial charge in [-0.25, -0.2) is 9.18 Å². The van der Waals surface area contributed by atoms with E-state index in [2.05, 4.69) is 32.1 Å². The summed E-state index contributed by atoms with van der Waals surface area (Å²) < 4.78 is 40.0. The second-order valence-electron chi connectivity index (χ2n) is 12.4. The van der Waals surface area contributed by atoms with Gasteiger partial charge in [-0.15, -0.1) is 0 Å². The van der Waals surface area contributed by atoms with Crippen LogP contribution in [0.2, 0.25) is 5.02 Å². The van der Waals surface area contributed by atoms with Crippen LogP contribution in [0.5, 0.6) is 6.01 Å². The van der Waals surface area contributed by atoms with Crippen LogP contribution < -0.4 is 9.64 Å². The Bertz CT molecular complexity index is 1800. The Labute approximate surface area is 263 Å². The number of likely N-dealkylation sites (tertiary alicyclic amines) is 1. The van der Waals surface area contributed by atoms with Crippen LogP contribution in [0, 0.1) is 5.82 Å². The van der Waals surface area contributed by atoms with Crippen LogP contribution in [0.4, 0.5) is 15.0 Å². The van der Waals surface area contributed by atoms with Crippen LogP contribution in [0.1, 0.15) is 37.7 Å². The van der Waals surface area contributed by atoms with Gasteiger partial charge in [0.05, 0.1) is 43.5 Å². The van der Waals surface area contributed by atoms with Crippen LogP contribution >= 0.6 is 11.6 Å². The van der Waals surface area contributed by atoms with Gasteiger partial charge in [-0.05, 0) is 57.2 Å². The maximum atomic E-state index is 16.9. The number of aromatic nitrogens is 5. The minimum Gasteiger partial charge on any atom is -0.462 e. The maximum absolute atomic E-state index is 16.9. The van der Waals surface area contributed by atoms with E-state index < -0.39 is 18.1 Å². The molecule has 0 radical (unpaired) electrons. The molecule has 5 aliphatic rings. The first-order chi connectivity index (χ1) is 21.9. The summed E-state index contributed by atoms with van der Waals surface area (Å²) in [5.74, 6) is -0.190. The first-order valence-electron chi connectivity index (χ1n) is 15.4. The van der Waals surface area contributed by atoms with E-state index in [0.29, 0.717) is 76.4 Å². The highest BCUT2D eigenvalue weighted by Crippen LogP contribution is 2.51. The van der Waals surface area contributed by atoms with Gasteiger partial charge in [-0.2, -0.15) is 15.1 Å². The molecule has 3 aromatic heterocycles. The number of benzene rings is 1. The molecule has 3 fully saturated rings. The molecule has 1 aliphatic carbocycles. The van der Waals surface area contributed by atoms with Gasteiger partial charge in [-0.3, -0.25) is 15.0 Å². The third-order valence-electron chi connectivity index (χ3n) is 9.74. The highest BCUT2D eigenvalue weighted by Gasteiger charge is 2.52. The number of aromatic amines is 1. The molecular formula is C31H33ClFN7O5. The van der Waals surface area contributed by atoms with Crippen molar-refractivity contribution in [2.45, 2.75) is 56.2 Å². The van der Waals surface area contributed by atoms with Crippen LogP contribution in [0.25, 0.3) is 33.1 Å². The van der Waals surface area contributed by atoms with Crippen molar-refractivity contribution in [3.63, 3.8) is 0 Å².